The molecule has 5 aromatic rings. The third-order valence-electron chi connectivity index (χ3n) is 5.43. The first-order valence-corrected chi connectivity index (χ1v) is 9.74. The van der Waals surface area contributed by atoms with E-state index in [2.05, 4.69) is 10.1 Å². The lowest BCUT2D eigenvalue weighted by atomic mass is 9.84. The molecule has 0 radical (unpaired) electrons. The number of aromatic hydroxyl groups is 1. The van der Waals surface area contributed by atoms with Gasteiger partial charge in [-0.2, -0.15) is 0 Å². The summed E-state index contributed by atoms with van der Waals surface area (Å²) in [5, 5.41) is 14.5. The van der Waals surface area contributed by atoms with Crippen molar-refractivity contribution in [3.63, 3.8) is 0 Å². The van der Waals surface area contributed by atoms with Crippen LogP contribution in [0.2, 0.25) is 0 Å². The van der Waals surface area contributed by atoms with Crippen LogP contribution in [0.1, 0.15) is 22.6 Å². The van der Waals surface area contributed by atoms with Crippen LogP contribution < -0.4 is 4.74 Å². The fourth-order valence-electron chi connectivity index (χ4n) is 4.02. The number of phenolic OH excluding ortho intramolecular Hbond substituents is 1. The van der Waals surface area contributed by atoms with Crippen molar-refractivity contribution in [3.8, 4) is 28.8 Å². The molecule has 1 aliphatic rings. The van der Waals surface area contributed by atoms with Crippen LogP contribution in [-0.2, 0) is 0 Å². The predicted molar refractivity (Wildman–Crippen MR) is 112 cm³/mol. The minimum atomic E-state index is -0.316. The van der Waals surface area contributed by atoms with Gasteiger partial charge in [0.2, 0.25) is 5.88 Å². The molecular weight excluding hydrogens is 395 g/mol. The van der Waals surface area contributed by atoms with E-state index in [1.807, 2.05) is 36.4 Å². The number of hydrogen-bond donors (Lipinski definition) is 1. The average Bonchev–Trinajstić information content (AvgIpc) is 3.23. The molecule has 6 nitrogen and oxygen atoms in total. The predicted octanol–water partition coefficient (Wildman–Crippen LogP) is 4.92. The van der Waals surface area contributed by atoms with Gasteiger partial charge in [0.15, 0.2) is 11.5 Å². The van der Waals surface area contributed by atoms with E-state index in [1.54, 1.807) is 35.1 Å². The van der Waals surface area contributed by atoms with E-state index in [-0.39, 0.29) is 17.5 Å². The fraction of sp³-hybridized carbons (Fsp3) is 0.0417. The summed E-state index contributed by atoms with van der Waals surface area (Å²) in [5.74, 6) is 1.04. The highest BCUT2D eigenvalue weighted by Gasteiger charge is 2.33. The molecular formula is C24H15FN4O2. The Bertz CT molecular complexity index is 1430. The summed E-state index contributed by atoms with van der Waals surface area (Å²) < 4.78 is 21.0. The van der Waals surface area contributed by atoms with Gasteiger partial charge in [0.05, 0.1) is 5.56 Å². The largest absolute Gasteiger partial charge is 0.508 e. The smallest absolute Gasteiger partial charge is 0.228 e. The molecule has 0 bridgehead atoms. The number of benzene rings is 3. The van der Waals surface area contributed by atoms with Gasteiger partial charge in [0.1, 0.15) is 23.6 Å². The van der Waals surface area contributed by atoms with Crippen molar-refractivity contribution >= 4 is 5.65 Å². The molecule has 7 heteroatoms. The Labute approximate surface area is 176 Å². The molecule has 3 heterocycles. The quantitative estimate of drug-likeness (QED) is 0.439. The first kappa shape index (κ1) is 17.6. The van der Waals surface area contributed by atoms with Crippen LogP contribution in [-0.4, -0.2) is 24.7 Å². The molecule has 0 unspecified atom stereocenters. The highest BCUT2D eigenvalue weighted by Crippen LogP contribution is 2.48. The molecule has 1 aliphatic heterocycles. The number of phenols is 1. The minimum Gasteiger partial charge on any atom is -0.508 e. The maximum Gasteiger partial charge on any atom is 0.228 e. The number of hydrogen-bond acceptors (Lipinski definition) is 5. The zero-order valence-corrected chi connectivity index (χ0v) is 16.1. The lowest BCUT2D eigenvalue weighted by Gasteiger charge is -2.27. The second kappa shape index (κ2) is 6.63. The number of rotatable bonds is 2. The Morgan fingerprint density at radius 3 is 2.58 bits per heavy atom. The lowest BCUT2D eigenvalue weighted by Crippen LogP contribution is -2.14. The van der Waals surface area contributed by atoms with Crippen LogP contribution in [0.3, 0.4) is 0 Å². The van der Waals surface area contributed by atoms with E-state index in [4.69, 9.17) is 9.72 Å². The highest BCUT2D eigenvalue weighted by molar-refractivity contribution is 5.68. The van der Waals surface area contributed by atoms with Gasteiger partial charge < -0.3 is 9.84 Å². The molecule has 31 heavy (non-hydrogen) atoms. The number of ether oxygens (including phenoxy) is 1. The van der Waals surface area contributed by atoms with E-state index >= 15 is 0 Å². The van der Waals surface area contributed by atoms with Crippen LogP contribution >= 0.6 is 0 Å². The zero-order chi connectivity index (χ0) is 20.9. The fourth-order valence-corrected chi connectivity index (χ4v) is 4.02. The number of fused-ring (bicyclic) bond motifs is 4. The zero-order valence-electron chi connectivity index (χ0n) is 16.1. The standard InChI is InChI=1S/C24H15FN4O2/c25-16-8-6-15(7-9-16)22-27-23-21-20(14-4-2-1-3-5-14)18-11-10-17(30)12-19(18)31-24(21)26-13-29(23)28-22/h1-13,20,30H/t20-/m0/s1. The summed E-state index contributed by atoms with van der Waals surface area (Å²) in [5.41, 5.74) is 4.04. The number of nitrogens with zero attached hydrogens (tertiary/aromatic N) is 4. The summed E-state index contributed by atoms with van der Waals surface area (Å²) >= 11 is 0. The van der Waals surface area contributed by atoms with Gasteiger partial charge in [0.25, 0.3) is 0 Å². The molecule has 0 amide bonds. The van der Waals surface area contributed by atoms with E-state index in [9.17, 15) is 9.50 Å². The Morgan fingerprint density at radius 2 is 1.77 bits per heavy atom. The van der Waals surface area contributed by atoms with E-state index in [0.29, 0.717) is 28.7 Å². The molecule has 0 fully saturated rings. The van der Waals surface area contributed by atoms with Gasteiger partial charge in [-0.25, -0.2) is 18.9 Å². The van der Waals surface area contributed by atoms with E-state index in [1.165, 1.54) is 12.1 Å². The third kappa shape index (κ3) is 2.82. The Hall–Kier alpha value is -4.26. The second-order valence-electron chi connectivity index (χ2n) is 7.34. The summed E-state index contributed by atoms with van der Waals surface area (Å²) in [6.07, 6.45) is 1.55. The maximum absolute atomic E-state index is 13.3. The average molecular weight is 410 g/mol. The Kier molecular flexibility index (Phi) is 3.76. The molecule has 0 spiro atoms. The number of halogens is 1. The van der Waals surface area contributed by atoms with Gasteiger partial charge in [-0.1, -0.05) is 36.4 Å². The molecule has 0 saturated heterocycles. The Morgan fingerprint density at radius 1 is 0.968 bits per heavy atom. The summed E-state index contributed by atoms with van der Waals surface area (Å²) in [6.45, 7) is 0. The minimum absolute atomic E-state index is 0.121. The summed E-state index contributed by atoms with van der Waals surface area (Å²) in [6, 6.07) is 21.1. The van der Waals surface area contributed by atoms with Crippen molar-refractivity contribution in [2.45, 2.75) is 5.92 Å². The van der Waals surface area contributed by atoms with Crippen molar-refractivity contribution in [1.29, 1.82) is 0 Å². The monoisotopic (exact) mass is 410 g/mol. The van der Waals surface area contributed by atoms with E-state index in [0.717, 1.165) is 16.7 Å². The molecule has 1 N–H and O–H groups in total. The lowest BCUT2D eigenvalue weighted by molar-refractivity contribution is 0.422. The van der Waals surface area contributed by atoms with Crippen molar-refractivity contribution in [2.75, 3.05) is 0 Å². The normalized spacial score (nSPS) is 14.7. The topological polar surface area (TPSA) is 72.5 Å². The third-order valence-corrected chi connectivity index (χ3v) is 5.43. The van der Waals surface area contributed by atoms with Crippen molar-refractivity contribution in [1.82, 2.24) is 19.6 Å². The van der Waals surface area contributed by atoms with Crippen LogP contribution in [0.4, 0.5) is 4.39 Å². The molecule has 0 aliphatic carbocycles. The molecule has 0 saturated carbocycles. The van der Waals surface area contributed by atoms with Gasteiger partial charge >= 0.3 is 0 Å². The van der Waals surface area contributed by atoms with Gasteiger partial charge in [0, 0.05) is 23.1 Å². The van der Waals surface area contributed by atoms with E-state index < -0.39 is 0 Å². The Balaban J connectivity index is 1.61. The van der Waals surface area contributed by atoms with Crippen LogP contribution in [0, 0.1) is 5.82 Å². The molecule has 3 aromatic carbocycles. The van der Waals surface area contributed by atoms with Crippen LogP contribution in [0.15, 0.2) is 79.1 Å². The molecule has 2 aromatic heterocycles. The SMILES string of the molecule is Oc1ccc2c(c1)Oc1ncn3nc(-c4ccc(F)cc4)nc3c1[C@H]2c1ccccc1. The second-order valence-corrected chi connectivity index (χ2v) is 7.34. The maximum atomic E-state index is 13.3. The van der Waals surface area contributed by atoms with Crippen molar-refractivity contribution in [2.24, 2.45) is 0 Å². The van der Waals surface area contributed by atoms with Crippen molar-refractivity contribution < 1.29 is 14.2 Å². The number of aromatic nitrogens is 4. The van der Waals surface area contributed by atoms with Crippen LogP contribution in [0.5, 0.6) is 17.4 Å². The highest BCUT2D eigenvalue weighted by atomic mass is 19.1. The molecule has 1 atom stereocenters. The summed E-state index contributed by atoms with van der Waals surface area (Å²) in [4.78, 5) is 9.22. The van der Waals surface area contributed by atoms with Crippen LogP contribution in [0.25, 0.3) is 17.0 Å². The first-order valence-electron chi connectivity index (χ1n) is 9.74. The first-order chi connectivity index (χ1) is 15.2. The molecule has 150 valence electrons. The summed E-state index contributed by atoms with van der Waals surface area (Å²) in [7, 11) is 0. The van der Waals surface area contributed by atoms with Crippen molar-refractivity contribution in [3.05, 3.63) is 102 Å². The van der Waals surface area contributed by atoms with Gasteiger partial charge in [-0.3, -0.25) is 0 Å². The van der Waals surface area contributed by atoms with Gasteiger partial charge in [-0.15, -0.1) is 5.10 Å². The van der Waals surface area contributed by atoms with Gasteiger partial charge in [-0.05, 0) is 35.9 Å². The molecule has 6 rings (SSSR count).